The molecule has 0 radical (unpaired) electrons. The zero-order chi connectivity index (χ0) is 16.4. The predicted octanol–water partition coefficient (Wildman–Crippen LogP) is 1.68. The van der Waals surface area contributed by atoms with Gasteiger partial charge in [-0.15, -0.1) is 0 Å². The summed E-state index contributed by atoms with van der Waals surface area (Å²) in [7, 11) is -0.350. The molecule has 3 rings (SSSR count). The Kier molecular flexibility index (Phi) is 3.32. The highest BCUT2D eigenvalue weighted by molar-refractivity contribution is 6.62. The van der Waals surface area contributed by atoms with Gasteiger partial charge in [-0.1, -0.05) is 24.3 Å². The average Bonchev–Trinajstić information content (AvgIpc) is 2.56. The Bertz CT molecular complexity index is 556. The Morgan fingerprint density at radius 2 is 1.41 bits per heavy atom. The summed E-state index contributed by atoms with van der Waals surface area (Å²) in [6.45, 7) is 10.0. The predicted molar refractivity (Wildman–Crippen MR) is 87.9 cm³/mol. The Morgan fingerprint density at radius 3 is 1.82 bits per heavy atom. The molecule has 1 heterocycles. The van der Waals surface area contributed by atoms with Gasteiger partial charge in [0.2, 0.25) is 0 Å². The molecule has 0 unspecified atom stereocenters. The highest BCUT2D eigenvalue weighted by Crippen LogP contribution is 2.46. The van der Waals surface area contributed by atoms with Crippen molar-refractivity contribution in [2.24, 2.45) is 5.73 Å². The van der Waals surface area contributed by atoms with Crippen LogP contribution in [0.2, 0.25) is 0 Å². The van der Waals surface area contributed by atoms with Gasteiger partial charge in [0.05, 0.1) is 16.8 Å². The maximum atomic E-state index is 9.93. The first kappa shape index (κ1) is 16.0. The lowest BCUT2D eigenvalue weighted by atomic mass is 9.63. The topological polar surface area (TPSA) is 64.7 Å². The Hall–Kier alpha value is -0.875. The van der Waals surface area contributed by atoms with Crippen LogP contribution in [0.3, 0.4) is 0 Å². The number of hydrogen-bond acceptors (Lipinski definition) is 4. The fourth-order valence-corrected chi connectivity index (χ4v) is 3.46. The van der Waals surface area contributed by atoms with Gasteiger partial charge in [-0.25, -0.2) is 0 Å². The third-order valence-electron chi connectivity index (χ3n) is 5.40. The van der Waals surface area contributed by atoms with Gasteiger partial charge in [0, 0.05) is 5.54 Å². The molecule has 22 heavy (non-hydrogen) atoms. The number of benzene rings is 1. The minimum Gasteiger partial charge on any atom is -0.399 e. The summed E-state index contributed by atoms with van der Waals surface area (Å²) in [6.07, 6.45) is 1.19. The van der Waals surface area contributed by atoms with Crippen molar-refractivity contribution in [1.29, 1.82) is 0 Å². The summed E-state index contributed by atoms with van der Waals surface area (Å²) in [5, 5.41) is 9.93. The molecule has 0 spiro atoms. The minimum atomic E-state index is -0.640. The largest absolute Gasteiger partial charge is 0.494 e. The molecule has 1 saturated heterocycles. The molecule has 1 saturated carbocycles. The van der Waals surface area contributed by atoms with Crippen LogP contribution < -0.4 is 11.2 Å². The van der Waals surface area contributed by atoms with E-state index in [0.717, 1.165) is 11.0 Å². The van der Waals surface area contributed by atoms with Crippen molar-refractivity contribution < 1.29 is 14.4 Å². The van der Waals surface area contributed by atoms with Crippen molar-refractivity contribution in [2.45, 2.75) is 69.8 Å². The van der Waals surface area contributed by atoms with Crippen LogP contribution in [0.1, 0.15) is 53.0 Å². The van der Waals surface area contributed by atoms with Gasteiger partial charge in [-0.3, -0.25) is 0 Å². The molecule has 1 aliphatic heterocycles. The van der Waals surface area contributed by atoms with Gasteiger partial charge >= 0.3 is 7.12 Å². The number of hydrogen-bond donors (Lipinski definition) is 2. The summed E-state index contributed by atoms with van der Waals surface area (Å²) in [5.74, 6) is 0. The van der Waals surface area contributed by atoms with E-state index in [0.29, 0.717) is 12.8 Å². The highest BCUT2D eigenvalue weighted by atomic mass is 16.7. The average molecular weight is 303 g/mol. The number of nitrogens with two attached hydrogens (primary N) is 1. The van der Waals surface area contributed by atoms with E-state index in [2.05, 4.69) is 0 Å². The van der Waals surface area contributed by atoms with Crippen LogP contribution in [-0.4, -0.2) is 29.0 Å². The van der Waals surface area contributed by atoms with Gasteiger partial charge in [0.25, 0.3) is 0 Å². The fraction of sp³-hybridized carbons (Fsp3) is 0.647. The van der Waals surface area contributed by atoms with Crippen LogP contribution in [-0.2, 0) is 14.8 Å². The van der Waals surface area contributed by atoms with E-state index < -0.39 is 11.1 Å². The van der Waals surface area contributed by atoms with Gasteiger partial charge < -0.3 is 20.1 Å². The van der Waals surface area contributed by atoms with Crippen LogP contribution in [0.4, 0.5) is 0 Å². The van der Waals surface area contributed by atoms with Gasteiger partial charge in [-0.05, 0) is 58.5 Å². The van der Waals surface area contributed by atoms with E-state index in [9.17, 15) is 5.11 Å². The summed E-state index contributed by atoms with van der Waals surface area (Å²) in [4.78, 5) is 0. The molecule has 0 aromatic heterocycles. The second-order valence-electron chi connectivity index (χ2n) is 8.22. The normalized spacial score (nSPS) is 36.2. The molecule has 5 heteroatoms. The molecule has 2 aliphatic rings. The van der Waals surface area contributed by atoms with E-state index in [4.69, 9.17) is 15.0 Å². The van der Waals surface area contributed by atoms with Crippen molar-refractivity contribution >= 4 is 12.6 Å². The highest BCUT2D eigenvalue weighted by Gasteiger charge is 2.52. The minimum absolute atomic E-state index is 0.335. The lowest BCUT2D eigenvalue weighted by Gasteiger charge is -2.49. The maximum absolute atomic E-state index is 9.93. The molecule has 2 fully saturated rings. The molecule has 0 amide bonds. The molecule has 0 atom stereocenters. The molecule has 0 bridgehead atoms. The smallest absolute Gasteiger partial charge is 0.399 e. The number of aliphatic hydroxyl groups is 1. The lowest BCUT2D eigenvalue weighted by molar-refractivity contribution is -0.0738. The van der Waals surface area contributed by atoms with Gasteiger partial charge in [0.1, 0.15) is 0 Å². The van der Waals surface area contributed by atoms with E-state index in [1.54, 1.807) is 0 Å². The quantitative estimate of drug-likeness (QED) is 0.816. The summed E-state index contributed by atoms with van der Waals surface area (Å²) in [6, 6.07) is 8.07. The van der Waals surface area contributed by atoms with E-state index in [1.165, 1.54) is 0 Å². The molecule has 1 aromatic rings. The monoisotopic (exact) mass is 303 g/mol. The van der Waals surface area contributed by atoms with Gasteiger partial charge in [0.15, 0.2) is 0 Å². The molecule has 120 valence electrons. The summed E-state index contributed by atoms with van der Waals surface area (Å²) < 4.78 is 12.1. The van der Waals surface area contributed by atoms with Crippen molar-refractivity contribution in [3.8, 4) is 0 Å². The Balaban J connectivity index is 1.76. The summed E-state index contributed by atoms with van der Waals surface area (Å²) in [5.41, 5.74) is 6.69. The summed E-state index contributed by atoms with van der Waals surface area (Å²) >= 11 is 0. The van der Waals surface area contributed by atoms with E-state index in [1.807, 2.05) is 58.9 Å². The van der Waals surface area contributed by atoms with Crippen LogP contribution in [0.25, 0.3) is 0 Å². The van der Waals surface area contributed by atoms with Crippen LogP contribution in [0.5, 0.6) is 0 Å². The first-order chi connectivity index (χ1) is 9.94. The van der Waals surface area contributed by atoms with E-state index >= 15 is 0 Å². The Morgan fingerprint density at radius 1 is 0.955 bits per heavy atom. The molecular weight excluding hydrogens is 277 g/mol. The Labute approximate surface area is 133 Å². The second-order valence-corrected chi connectivity index (χ2v) is 8.22. The maximum Gasteiger partial charge on any atom is 0.494 e. The molecule has 4 nitrogen and oxygen atoms in total. The number of rotatable bonds is 2. The zero-order valence-corrected chi connectivity index (χ0v) is 14.1. The van der Waals surface area contributed by atoms with Crippen LogP contribution in [0.15, 0.2) is 24.3 Å². The van der Waals surface area contributed by atoms with Gasteiger partial charge in [-0.2, -0.15) is 0 Å². The first-order valence-electron chi connectivity index (χ1n) is 7.92. The zero-order valence-electron chi connectivity index (χ0n) is 14.1. The van der Waals surface area contributed by atoms with E-state index in [-0.39, 0.29) is 18.3 Å². The first-order valence-corrected chi connectivity index (χ1v) is 7.92. The van der Waals surface area contributed by atoms with Crippen molar-refractivity contribution in [3.63, 3.8) is 0 Å². The van der Waals surface area contributed by atoms with Crippen molar-refractivity contribution in [1.82, 2.24) is 0 Å². The van der Waals surface area contributed by atoms with Crippen molar-refractivity contribution in [2.75, 3.05) is 0 Å². The molecule has 1 aromatic carbocycles. The third kappa shape index (κ3) is 2.50. The fourth-order valence-electron chi connectivity index (χ4n) is 3.46. The standard InChI is InChI=1S/C17H26BNO3/c1-14(2)15(3,4)22-18(21-14)13-8-6-12(7-9-13)17(19)10-16(5,20)11-17/h6-9,20H,10-11,19H2,1-5H3. The third-order valence-corrected chi connectivity index (χ3v) is 5.40. The molecular formula is C17H26BNO3. The van der Waals surface area contributed by atoms with Crippen LogP contribution >= 0.6 is 0 Å². The lowest BCUT2D eigenvalue weighted by Crippen LogP contribution is -2.58. The molecule has 1 aliphatic carbocycles. The molecule has 3 N–H and O–H groups in total. The van der Waals surface area contributed by atoms with Crippen molar-refractivity contribution in [3.05, 3.63) is 29.8 Å². The van der Waals surface area contributed by atoms with Crippen LogP contribution in [0, 0.1) is 0 Å². The SMILES string of the molecule is CC1(O)CC(N)(c2ccc(B3OC(C)(C)C(C)(C)O3)cc2)C1. The second kappa shape index (κ2) is 4.57.